The maximum absolute atomic E-state index is 9.17. The highest BCUT2D eigenvalue weighted by molar-refractivity contribution is 7.10. The Morgan fingerprint density at radius 3 is 3.16 bits per heavy atom. The predicted molar refractivity (Wildman–Crippen MR) is 80.0 cm³/mol. The summed E-state index contributed by atoms with van der Waals surface area (Å²) < 4.78 is 0. The van der Waals surface area contributed by atoms with Gasteiger partial charge in [-0.15, -0.1) is 11.3 Å². The first-order valence-electron chi connectivity index (χ1n) is 6.95. The fourth-order valence-corrected chi connectivity index (χ4v) is 3.50. The van der Waals surface area contributed by atoms with Crippen LogP contribution in [0, 0.1) is 11.8 Å². The van der Waals surface area contributed by atoms with Crippen molar-refractivity contribution in [2.45, 2.75) is 38.3 Å². The largest absolute Gasteiger partial charge is 0.396 e. The maximum Gasteiger partial charge on any atom is 0.0555 e. The van der Waals surface area contributed by atoms with E-state index in [1.807, 2.05) is 0 Å². The molecule has 0 radical (unpaired) electrons. The number of thiophene rings is 1. The Hall–Kier alpha value is -0.860. The zero-order chi connectivity index (χ0) is 13.5. The lowest BCUT2D eigenvalue weighted by atomic mass is 9.99. The van der Waals surface area contributed by atoms with E-state index in [0.717, 1.165) is 25.1 Å². The Morgan fingerprint density at radius 2 is 2.37 bits per heavy atom. The number of rotatable bonds is 4. The molecule has 1 aliphatic rings. The molecule has 0 saturated carbocycles. The second kappa shape index (κ2) is 7.66. The summed E-state index contributed by atoms with van der Waals surface area (Å²) in [5.41, 5.74) is 6.55. The van der Waals surface area contributed by atoms with E-state index in [1.54, 1.807) is 11.3 Å². The smallest absolute Gasteiger partial charge is 0.0555 e. The van der Waals surface area contributed by atoms with Crippen LogP contribution in [-0.2, 0) is 6.54 Å². The standard InChI is InChI=1S/C15H22N2OS/c16-8-3-4-13-7-11-19-15(13)12-17-9-2-1-5-14(17)6-10-18/h7,11,14,18H,1-2,5-6,8-10,12,16H2. The van der Waals surface area contributed by atoms with E-state index in [9.17, 15) is 5.11 Å². The van der Waals surface area contributed by atoms with Crippen LogP contribution >= 0.6 is 11.3 Å². The molecular weight excluding hydrogens is 256 g/mol. The second-order valence-electron chi connectivity index (χ2n) is 4.90. The number of nitrogens with zero attached hydrogens (tertiary/aromatic N) is 1. The molecule has 0 bridgehead atoms. The zero-order valence-corrected chi connectivity index (χ0v) is 12.1. The first-order valence-corrected chi connectivity index (χ1v) is 7.83. The summed E-state index contributed by atoms with van der Waals surface area (Å²) in [5, 5.41) is 11.3. The van der Waals surface area contributed by atoms with Crippen molar-refractivity contribution < 1.29 is 5.11 Å². The first kappa shape index (κ1) is 14.5. The highest BCUT2D eigenvalue weighted by atomic mass is 32.1. The van der Waals surface area contributed by atoms with Crippen LogP contribution in [-0.4, -0.2) is 35.7 Å². The number of hydrogen-bond acceptors (Lipinski definition) is 4. The van der Waals surface area contributed by atoms with Gasteiger partial charge in [-0.3, -0.25) is 4.90 Å². The van der Waals surface area contributed by atoms with Crippen molar-refractivity contribution in [1.29, 1.82) is 0 Å². The summed E-state index contributed by atoms with van der Waals surface area (Å²) in [6.45, 7) is 2.78. The molecule has 0 spiro atoms. The molecule has 1 saturated heterocycles. The quantitative estimate of drug-likeness (QED) is 0.826. The zero-order valence-electron chi connectivity index (χ0n) is 11.3. The Balaban J connectivity index is 2.04. The van der Waals surface area contributed by atoms with E-state index in [-0.39, 0.29) is 6.61 Å². The van der Waals surface area contributed by atoms with E-state index in [1.165, 1.54) is 24.1 Å². The fourth-order valence-electron chi connectivity index (χ4n) is 2.65. The van der Waals surface area contributed by atoms with Crippen LogP contribution in [0.3, 0.4) is 0 Å². The maximum atomic E-state index is 9.17. The molecule has 1 atom stereocenters. The van der Waals surface area contributed by atoms with Gasteiger partial charge in [0.15, 0.2) is 0 Å². The number of hydrogen-bond donors (Lipinski definition) is 2. The van der Waals surface area contributed by atoms with Crippen LogP contribution in [0.25, 0.3) is 0 Å². The average molecular weight is 278 g/mol. The molecule has 104 valence electrons. The molecule has 0 aliphatic carbocycles. The van der Waals surface area contributed by atoms with Crippen molar-refractivity contribution in [1.82, 2.24) is 4.90 Å². The van der Waals surface area contributed by atoms with Gasteiger partial charge in [0.25, 0.3) is 0 Å². The third-order valence-electron chi connectivity index (χ3n) is 3.63. The van der Waals surface area contributed by atoms with Crippen LogP contribution in [0.2, 0.25) is 0 Å². The van der Waals surface area contributed by atoms with Crippen molar-refractivity contribution in [3.05, 3.63) is 21.9 Å². The van der Waals surface area contributed by atoms with Crippen molar-refractivity contribution >= 4 is 11.3 Å². The molecule has 1 aliphatic heterocycles. The minimum absolute atomic E-state index is 0.283. The van der Waals surface area contributed by atoms with Crippen LogP contribution in [0.1, 0.15) is 36.1 Å². The molecule has 2 heterocycles. The number of aliphatic hydroxyl groups is 1. The lowest BCUT2D eigenvalue weighted by Gasteiger charge is -2.35. The van der Waals surface area contributed by atoms with Crippen LogP contribution in [0.4, 0.5) is 0 Å². The van der Waals surface area contributed by atoms with Crippen molar-refractivity contribution in [2.75, 3.05) is 19.7 Å². The van der Waals surface area contributed by atoms with E-state index >= 15 is 0 Å². The Kier molecular flexibility index (Phi) is 5.87. The van der Waals surface area contributed by atoms with E-state index in [4.69, 9.17) is 5.73 Å². The van der Waals surface area contributed by atoms with Gasteiger partial charge in [-0.25, -0.2) is 0 Å². The highest BCUT2D eigenvalue weighted by Crippen LogP contribution is 2.25. The number of aliphatic hydroxyl groups excluding tert-OH is 1. The Bertz CT molecular complexity index is 444. The minimum atomic E-state index is 0.283. The molecule has 1 aromatic rings. The normalized spacial score (nSPS) is 20.0. The van der Waals surface area contributed by atoms with Crippen LogP contribution in [0.15, 0.2) is 11.4 Å². The van der Waals surface area contributed by atoms with Crippen LogP contribution < -0.4 is 5.73 Å². The predicted octanol–water partition coefficient (Wildman–Crippen LogP) is 1.80. The first-order chi connectivity index (χ1) is 9.35. The van der Waals surface area contributed by atoms with Gasteiger partial charge >= 0.3 is 0 Å². The molecular formula is C15H22N2OS. The molecule has 1 unspecified atom stereocenters. The molecule has 1 aromatic heterocycles. The third kappa shape index (κ3) is 4.05. The van der Waals surface area contributed by atoms with Crippen LogP contribution in [0.5, 0.6) is 0 Å². The average Bonchev–Trinajstić information content (AvgIpc) is 2.86. The van der Waals surface area contributed by atoms with Gasteiger partial charge in [-0.1, -0.05) is 18.3 Å². The lowest BCUT2D eigenvalue weighted by Crippen LogP contribution is -2.39. The van der Waals surface area contributed by atoms with E-state index in [2.05, 4.69) is 28.2 Å². The third-order valence-corrected chi connectivity index (χ3v) is 4.53. The molecule has 1 fully saturated rings. The number of piperidine rings is 1. The Morgan fingerprint density at radius 1 is 1.47 bits per heavy atom. The molecule has 19 heavy (non-hydrogen) atoms. The van der Waals surface area contributed by atoms with Gasteiger partial charge in [0, 0.05) is 29.6 Å². The highest BCUT2D eigenvalue weighted by Gasteiger charge is 2.22. The summed E-state index contributed by atoms with van der Waals surface area (Å²) in [4.78, 5) is 3.82. The molecule has 0 aromatic carbocycles. The van der Waals surface area contributed by atoms with Gasteiger partial charge in [0.05, 0.1) is 6.54 Å². The molecule has 3 nitrogen and oxygen atoms in total. The van der Waals surface area contributed by atoms with Gasteiger partial charge in [0.2, 0.25) is 0 Å². The summed E-state index contributed by atoms with van der Waals surface area (Å²) >= 11 is 1.77. The molecule has 4 heteroatoms. The van der Waals surface area contributed by atoms with Crippen molar-refractivity contribution in [2.24, 2.45) is 5.73 Å². The van der Waals surface area contributed by atoms with E-state index in [0.29, 0.717) is 12.6 Å². The SMILES string of the molecule is NCC#Cc1ccsc1CN1CCCCC1CCO. The molecule has 3 N–H and O–H groups in total. The topological polar surface area (TPSA) is 49.5 Å². The number of nitrogens with two attached hydrogens (primary N) is 1. The summed E-state index contributed by atoms with van der Waals surface area (Å²) in [6, 6.07) is 2.60. The minimum Gasteiger partial charge on any atom is -0.396 e. The summed E-state index contributed by atoms with van der Waals surface area (Å²) in [6.07, 6.45) is 4.63. The second-order valence-corrected chi connectivity index (χ2v) is 5.90. The van der Waals surface area contributed by atoms with Crippen molar-refractivity contribution in [3.8, 4) is 11.8 Å². The van der Waals surface area contributed by atoms with Crippen molar-refractivity contribution in [3.63, 3.8) is 0 Å². The lowest BCUT2D eigenvalue weighted by molar-refractivity contribution is 0.113. The van der Waals surface area contributed by atoms with Gasteiger partial charge in [0.1, 0.15) is 0 Å². The van der Waals surface area contributed by atoms with E-state index < -0.39 is 0 Å². The Labute approximate surface area is 119 Å². The molecule has 0 amide bonds. The van der Waals surface area contributed by atoms with Gasteiger partial charge in [-0.05, 0) is 37.3 Å². The fraction of sp³-hybridized carbons (Fsp3) is 0.600. The van der Waals surface area contributed by atoms with Gasteiger partial charge in [-0.2, -0.15) is 0 Å². The van der Waals surface area contributed by atoms with Gasteiger partial charge < -0.3 is 10.8 Å². The number of likely N-dealkylation sites (tertiary alicyclic amines) is 1. The molecule has 2 rings (SSSR count). The summed E-state index contributed by atoms with van der Waals surface area (Å²) in [7, 11) is 0. The monoisotopic (exact) mass is 278 g/mol. The summed E-state index contributed by atoms with van der Waals surface area (Å²) in [5.74, 6) is 6.08.